The van der Waals surface area contributed by atoms with Crippen molar-refractivity contribution < 1.29 is 9.57 Å². The van der Waals surface area contributed by atoms with Crippen LogP contribution in [0.5, 0.6) is 5.75 Å². The Kier molecular flexibility index (Phi) is 5.58. The number of oxime groups is 1. The van der Waals surface area contributed by atoms with Crippen molar-refractivity contribution in [2.75, 3.05) is 7.11 Å². The van der Waals surface area contributed by atoms with E-state index in [0.29, 0.717) is 12.3 Å². The van der Waals surface area contributed by atoms with Crippen molar-refractivity contribution in [1.29, 1.82) is 0 Å². The van der Waals surface area contributed by atoms with E-state index in [0.717, 1.165) is 33.7 Å². The van der Waals surface area contributed by atoms with Crippen molar-refractivity contribution in [2.24, 2.45) is 12.2 Å². The fourth-order valence-corrected chi connectivity index (χ4v) is 3.01. The fraction of sp³-hybridized carbons (Fsp3) is 0.300. The highest BCUT2D eigenvalue weighted by Gasteiger charge is 2.14. The number of benzene rings is 2. The average molecular weight is 381 g/mol. The molecule has 0 atom stereocenters. The topological polar surface area (TPSA) is 83.5 Å². The summed E-state index contributed by atoms with van der Waals surface area (Å²) in [4.78, 5) is 17.1. The van der Waals surface area contributed by atoms with Crippen LogP contribution in [0.15, 0.2) is 46.3 Å². The van der Waals surface area contributed by atoms with Gasteiger partial charge in [-0.1, -0.05) is 17.3 Å². The quantitative estimate of drug-likeness (QED) is 0.484. The molecule has 28 heavy (non-hydrogen) atoms. The lowest BCUT2D eigenvalue weighted by Gasteiger charge is -2.14. The summed E-state index contributed by atoms with van der Waals surface area (Å²) in [6.07, 6.45) is 0. The molecule has 0 radical (unpaired) electrons. The van der Waals surface area contributed by atoms with Crippen LogP contribution in [0, 0.1) is 13.8 Å². The Morgan fingerprint density at radius 2 is 1.93 bits per heavy atom. The summed E-state index contributed by atoms with van der Waals surface area (Å²) in [6, 6.07) is 11.5. The van der Waals surface area contributed by atoms with Gasteiger partial charge in [-0.05, 0) is 66.6 Å². The molecule has 0 aliphatic rings. The van der Waals surface area contributed by atoms with Crippen LogP contribution in [0.1, 0.15) is 29.2 Å². The van der Waals surface area contributed by atoms with Crippen LogP contribution >= 0.6 is 0 Å². The van der Waals surface area contributed by atoms with Gasteiger partial charge in [0.25, 0.3) is 0 Å². The van der Waals surface area contributed by atoms with Gasteiger partial charge in [-0.15, -0.1) is 0 Å². The van der Waals surface area contributed by atoms with E-state index in [-0.39, 0.29) is 5.69 Å². The molecule has 3 rings (SSSR count). The van der Waals surface area contributed by atoms with Gasteiger partial charge in [0.2, 0.25) is 0 Å². The molecule has 8 nitrogen and oxygen atoms in total. The van der Waals surface area contributed by atoms with Crippen LogP contribution in [-0.4, -0.2) is 32.6 Å². The zero-order valence-electron chi connectivity index (χ0n) is 16.6. The maximum Gasteiger partial charge on any atom is 0.368 e. The summed E-state index contributed by atoms with van der Waals surface area (Å²) in [5.41, 5.74) is 5.07. The molecule has 1 aromatic heterocycles. The van der Waals surface area contributed by atoms with Crippen LogP contribution < -0.4 is 10.4 Å². The van der Waals surface area contributed by atoms with E-state index >= 15 is 0 Å². The van der Waals surface area contributed by atoms with Gasteiger partial charge in [0.05, 0.1) is 11.4 Å². The van der Waals surface area contributed by atoms with Crippen molar-refractivity contribution in [3.63, 3.8) is 0 Å². The summed E-state index contributed by atoms with van der Waals surface area (Å²) in [6.45, 7) is 6.16. The van der Waals surface area contributed by atoms with Crippen molar-refractivity contribution in [2.45, 2.75) is 27.4 Å². The molecule has 0 fully saturated rings. The van der Waals surface area contributed by atoms with Crippen molar-refractivity contribution in [3.8, 4) is 11.4 Å². The van der Waals surface area contributed by atoms with E-state index < -0.39 is 0 Å². The first-order chi connectivity index (χ1) is 13.4. The third-order valence-electron chi connectivity index (χ3n) is 4.53. The second kappa shape index (κ2) is 8.08. The number of ether oxygens (including phenoxy) is 1. The molecule has 1 heterocycles. The number of aryl methyl sites for hydroxylation is 3. The van der Waals surface area contributed by atoms with Crippen LogP contribution in [0.25, 0.3) is 5.69 Å². The highest BCUT2D eigenvalue weighted by Crippen LogP contribution is 2.22. The van der Waals surface area contributed by atoms with E-state index in [9.17, 15) is 4.79 Å². The van der Waals surface area contributed by atoms with E-state index in [1.807, 2.05) is 57.2 Å². The molecule has 0 aliphatic heterocycles. The minimum Gasteiger partial charge on any atom is -0.489 e. The first-order valence-electron chi connectivity index (χ1n) is 8.81. The Hall–Kier alpha value is -3.42. The molecule has 0 N–H and O–H groups in total. The minimum absolute atomic E-state index is 0.301. The second-order valence-corrected chi connectivity index (χ2v) is 6.49. The van der Waals surface area contributed by atoms with E-state index in [1.54, 1.807) is 7.05 Å². The smallest absolute Gasteiger partial charge is 0.368 e. The van der Waals surface area contributed by atoms with Crippen LogP contribution in [0.4, 0.5) is 0 Å². The van der Waals surface area contributed by atoms with E-state index in [4.69, 9.17) is 9.57 Å². The summed E-state index contributed by atoms with van der Waals surface area (Å²) in [5, 5.41) is 11.7. The van der Waals surface area contributed by atoms with Gasteiger partial charge in [0.15, 0.2) is 0 Å². The number of tetrazole rings is 1. The summed E-state index contributed by atoms with van der Waals surface area (Å²) >= 11 is 0. The lowest BCUT2D eigenvalue weighted by atomic mass is 10.0. The molecular weight excluding hydrogens is 358 g/mol. The molecule has 0 saturated carbocycles. The van der Waals surface area contributed by atoms with Gasteiger partial charge >= 0.3 is 5.69 Å². The largest absolute Gasteiger partial charge is 0.489 e. The molecule has 3 aromatic rings. The number of hydrogen-bond donors (Lipinski definition) is 0. The maximum atomic E-state index is 12.2. The first kappa shape index (κ1) is 19.3. The molecule has 0 saturated heterocycles. The monoisotopic (exact) mass is 381 g/mol. The SMILES string of the molecule is CO/N=C(/C)c1ccc(OCc2c(C)cccc2-n2nnn(C)c2=O)cc1C. The Labute approximate surface area is 163 Å². The number of hydrogen-bond acceptors (Lipinski definition) is 6. The molecule has 0 spiro atoms. The van der Waals surface area contributed by atoms with Crippen LogP contribution in [0.3, 0.4) is 0 Å². The van der Waals surface area contributed by atoms with Crippen molar-refractivity contribution >= 4 is 5.71 Å². The van der Waals surface area contributed by atoms with Crippen molar-refractivity contribution in [3.05, 3.63) is 69.1 Å². The lowest BCUT2D eigenvalue weighted by Crippen LogP contribution is -2.23. The van der Waals surface area contributed by atoms with E-state index in [1.165, 1.54) is 16.5 Å². The number of nitrogens with zero attached hydrogens (tertiary/aromatic N) is 5. The molecule has 2 aromatic carbocycles. The van der Waals surface area contributed by atoms with Crippen LogP contribution in [0.2, 0.25) is 0 Å². The molecule has 8 heteroatoms. The fourth-order valence-electron chi connectivity index (χ4n) is 3.01. The highest BCUT2D eigenvalue weighted by atomic mass is 16.6. The maximum absolute atomic E-state index is 12.2. The van der Waals surface area contributed by atoms with Gasteiger partial charge in [-0.2, -0.15) is 9.36 Å². The average Bonchev–Trinajstić information content (AvgIpc) is 2.99. The zero-order valence-corrected chi connectivity index (χ0v) is 16.6. The number of aromatic nitrogens is 4. The Bertz CT molecular complexity index is 1080. The first-order valence-corrected chi connectivity index (χ1v) is 8.81. The zero-order chi connectivity index (χ0) is 20.3. The minimum atomic E-state index is -0.306. The molecule has 146 valence electrons. The van der Waals surface area contributed by atoms with Crippen molar-refractivity contribution in [1.82, 2.24) is 19.8 Å². The standard InChI is InChI=1S/C20H23N5O3/c1-13-7-6-8-19(25-20(26)24(4)22-23-25)18(13)12-28-16-9-10-17(14(2)11-16)15(3)21-27-5/h6-11H,12H2,1-5H3/b21-15-. The normalized spacial score (nSPS) is 11.5. The molecule has 0 unspecified atom stereocenters. The number of rotatable bonds is 6. The van der Waals surface area contributed by atoms with Gasteiger partial charge in [-0.3, -0.25) is 0 Å². The van der Waals surface area contributed by atoms with Gasteiger partial charge < -0.3 is 9.57 Å². The van der Waals surface area contributed by atoms with Gasteiger partial charge in [-0.25, -0.2) is 4.79 Å². The molecule has 0 amide bonds. The third-order valence-corrected chi connectivity index (χ3v) is 4.53. The Balaban J connectivity index is 1.88. The van der Waals surface area contributed by atoms with Gasteiger partial charge in [0, 0.05) is 18.2 Å². The lowest BCUT2D eigenvalue weighted by molar-refractivity contribution is 0.213. The Morgan fingerprint density at radius 3 is 2.57 bits per heavy atom. The second-order valence-electron chi connectivity index (χ2n) is 6.49. The van der Waals surface area contributed by atoms with E-state index in [2.05, 4.69) is 15.6 Å². The molecular formula is C20H23N5O3. The highest BCUT2D eigenvalue weighted by molar-refractivity contribution is 5.99. The summed E-state index contributed by atoms with van der Waals surface area (Å²) in [7, 11) is 3.09. The predicted octanol–water partition coefficient (Wildman–Crippen LogP) is 2.53. The van der Waals surface area contributed by atoms with Gasteiger partial charge in [0.1, 0.15) is 19.5 Å². The Morgan fingerprint density at radius 1 is 1.14 bits per heavy atom. The van der Waals surface area contributed by atoms with Crippen LogP contribution in [-0.2, 0) is 18.5 Å². The molecule has 0 aliphatic carbocycles. The summed E-state index contributed by atoms with van der Waals surface area (Å²) < 4.78 is 8.49. The third kappa shape index (κ3) is 3.80. The predicted molar refractivity (Wildman–Crippen MR) is 106 cm³/mol. The summed E-state index contributed by atoms with van der Waals surface area (Å²) in [5.74, 6) is 0.729. The molecule has 0 bridgehead atoms.